The lowest BCUT2D eigenvalue weighted by atomic mass is 10.0. The Morgan fingerprint density at radius 2 is 1.96 bits per heavy atom. The molecular formula is C35H42N6O7S. The normalized spacial score (nSPS) is 26.7. The third-order valence-corrected chi connectivity index (χ3v) is 9.82. The molecule has 1 saturated heterocycles. The number of alkyl carbamates (subject to hydrolysis) is 1. The second-order valence-corrected chi connectivity index (χ2v) is 14.6. The zero-order valence-corrected chi connectivity index (χ0v) is 29.0. The summed E-state index contributed by atoms with van der Waals surface area (Å²) in [5, 5.41) is 7.61. The Hall–Kier alpha value is -4.59. The maximum absolute atomic E-state index is 14.4. The van der Waals surface area contributed by atoms with E-state index in [2.05, 4.69) is 20.6 Å². The lowest BCUT2D eigenvalue weighted by Gasteiger charge is -2.30. The molecule has 14 heteroatoms. The minimum Gasteiger partial charge on any atom is -0.471 e. The number of hydrogen-bond acceptors (Lipinski definition) is 11. The van der Waals surface area contributed by atoms with Crippen LogP contribution in [0, 0.1) is 5.92 Å². The minimum atomic E-state index is -1.21. The molecule has 3 aromatic heterocycles. The van der Waals surface area contributed by atoms with Gasteiger partial charge in [0.15, 0.2) is 5.82 Å². The Labute approximate surface area is 288 Å². The van der Waals surface area contributed by atoms with Crippen molar-refractivity contribution in [2.24, 2.45) is 5.92 Å². The van der Waals surface area contributed by atoms with E-state index in [1.54, 1.807) is 33.0 Å². The van der Waals surface area contributed by atoms with Crippen molar-refractivity contribution in [2.45, 2.75) is 95.0 Å². The molecule has 13 nitrogen and oxygen atoms in total. The summed E-state index contributed by atoms with van der Waals surface area (Å²) in [6.07, 6.45) is 8.35. The quantitative estimate of drug-likeness (QED) is 0.287. The maximum Gasteiger partial charge on any atom is 0.408 e. The smallest absolute Gasteiger partial charge is 0.408 e. The molecule has 3 amide bonds. The molecule has 3 aromatic rings. The number of allylic oxidation sites excluding steroid dienone is 1. The number of pyridine rings is 1. The van der Waals surface area contributed by atoms with Gasteiger partial charge in [-0.25, -0.2) is 14.6 Å². The van der Waals surface area contributed by atoms with Gasteiger partial charge in [0.05, 0.1) is 19.2 Å². The van der Waals surface area contributed by atoms with Gasteiger partial charge in [0, 0.05) is 18.5 Å². The first-order chi connectivity index (χ1) is 23.5. The number of carbonyl (C=O) groups is 4. The van der Waals surface area contributed by atoms with Crippen molar-refractivity contribution in [3.05, 3.63) is 48.0 Å². The Kier molecular flexibility index (Phi) is 9.87. The summed E-state index contributed by atoms with van der Waals surface area (Å²) >= 11 is 1.42. The number of fused-ring (bicyclic) bond motifs is 3. The zero-order chi connectivity index (χ0) is 34.8. The lowest BCUT2D eigenvalue weighted by Crippen LogP contribution is -2.56. The molecular weight excluding hydrogens is 648 g/mol. The Morgan fingerprint density at radius 1 is 1.12 bits per heavy atom. The van der Waals surface area contributed by atoms with E-state index in [1.807, 2.05) is 35.7 Å². The summed E-state index contributed by atoms with van der Waals surface area (Å²) in [5.74, 6) is -0.962. The van der Waals surface area contributed by atoms with E-state index in [4.69, 9.17) is 19.2 Å². The summed E-state index contributed by atoms with van der Waals surface area (Å²) in [6.45, 7) is 5.30. The number of methoxy groups -OCH3 is 1. The first-order valence-electron chi connectivity index (χ1n) is 16.7. The van der Waals surface area contributed by atoms with Gasteiger partial charge in [-0.3, -0.25) is 14.6 Å². The number of ether oxygens (including phenoxy) is 3. The molecule has 2 N–H and O–H groups in total. The Balaban J connectivity index is 1.32. The largest absolute Gasteiger partial charge is 0.471 e. The molecule has 0 spiro atoms. The molecule has 1 aliphatic carbocycles. The molecule has 0 radical (unpaired) electrons. The molecule has 2 fully saturated rings. The van der Waals surface area contributed by atoms with Gasteiger partial charge < -0.3 is 29.7 Å². The molecule has 2 aliphatic heterocycles. The van der Waals surface area contributed by atoms with Crippen LogP contribution in [-0.2, 0) is 23.9 Å². The summed E-state index contributed by atoms with van der Waals surface area (Å²) < 4.78 is 17.8. The van der Waals surface area contributed by atoms with Crippen LogP contribution < -0.4 is 15.4 Å². The molecule has 0 bridgehead atoms. The molecule has 5 heterocycles. The van der Waals surface area contributed by atoms with Crippen molar-refractivity contribution >= 4 is 45.4 Å². The highest BCUT2D eigenvalue weighted by Gasteiger charge is 2.62. The predicted octanol–water partition coefficient (Wildman–Crippen LogP) is 4.56. The standard InChI is InChI=1S/C35H42N6O7S/c1-34(2,3)48-33(45)38-25-14-9-7-5-6-8-12-21-19-35(21,32(44)46-4)40-29(42)26-18-22(20-41(26)31(25)43)47-30-27-23(15-17-49-27)37-28(39-30)24-13-10-11-16-36-24/h8,10-13,15-17,21-22,25-26H,5-7,9,14,18-20H2,1-4H3,(H,38,45)(H,40,42)/b12-8-/t21-,22-,25+,26+,35-/m1/s1. The van der Waals surface area contributed by atoms with Crippen molar-refractivity contribution < 1.29 is 33.4 Å². The van der Waals surface area contributed by atoms with Crippen LogP contribution in [0.15, 0.2) is 48.0 Å². The van der Waals surface area contributed by atoms with Gasteiger partial charge in [-0.1, -0.05) is 31.1 Å². The van der Waals surface area contributed by atoms with Crippen molar-refractivity contribution in [2.75, 3.05) is 13.7 Å². The molecule has 49 heavy (non-hydrogen) atoms. The molecule has 6 rings (SSSR count). The number of esters is 1. The first-order valence-corrected chi connectivity index (χ1v) is 17.6. The Morgan fingerprint density at radius 3 is 2.71 bits per heavy atom. The highest BCUT2D eigenvalue weighted by molar-refractivity contribution is 7.17. The fourth-order valence-electron chi connectivity index (χ4n) is 6.45. The fourth-order valence-corrected chi connectivity index (χ4v) is 7.21. The molecule has 0 unspecified atom stereocenters. The molecule has 3 aliphatic rings. The number of nitrogens with zero attached hydrogens (tertiary/aromatic N) is 4. The van der Waals surface area contributed by atoms with Gasteiger partial charge in [0.1, 0.15) is 39.7 Å². The number of thiophene rings is 1. The highest BCUT2D eigenvalue weighted by atomic mass is 32.1. The summed E-state index contributed by atoms with van der Waals surface area (Å²) in [7, 11) is 1.30. The Bertz CT molecular complexity index is 1740. The van der Waals surface area contributed by atoms with Crippen LogP contribution in [0.25, 0.3) is 21.7 Å². The van der Waals surface area contributed by atoms with E-state index in [-0.39, 0.29) is 18.9 Å². The topological polar surface area (TPSA) is 162 Å². The van der Waals surface area contributed by atoms with Crippen LogP contribution in [0.3, 0.4) is 0 Å². The fraction of sp³-hybridized carbons (Fsp3) is 0.514. The number of carbonyl (C=O) groups excluding carboxylic acids is 4. The molecule has 260 valence electrons. The monoisotopic (exact) mass is 690 g/mol. The van der Waals surface area contributed by atoms with Crippen molar-refractivity contribution in [3.8, 4) is 17.4 Å². The van der Waals surface area contributed by atoms with Gasteiger partial charge in [-0.05, 0) is 70.0 Å². The van der Waals surface area contributed by atoms with Crippen LogP contribution in [0.4, 0.5) is 4.79 Å². The minimum absolute atomic E-state index is 0.0494. The predicted molar refractivity (Wildman–Crippen MR) is 182 cm³/mol. The van der Waals surface area contributed by atoms with Crippen LogP contribution in [0.2, 0.25) is 0 Å². The van der Waals surface area contributed by atoms with Gasteiger partial charge in [0.2, 0.25) is 17.7 Å². The second-order valence-electron chi connectivity index (χ2n) is 13.7. The third-order valence-electron chi connectivity index (χ3n) is 8.92. The van der Waals surface area contributed by atoms with Gasteiger partial charge in [-0.15, -0.1) is 11.3 Å². The first kappa shape index (κ1) is 34.3. The lowest BCUT2D eigenvalue weighted by molar-refractivity contribution is -0.148. The number of nitrogens with one attached hydrogen (secondary N) is 2. The highest BCUT2D eigenvalue weighted by Crippen LogP contribution is 2.46. The van der Waals surface area contributed by atoms with E-state index < -0.39 is 53.2 Å². The maximum atomic E-state index is 14.4. The van der Waals surface area contributed by atoms with Gasteiger partial charge in [0.25, 0.3) is 0 Å². The van der Waals surface area contributed by atoms with Crippen LogP contribution in [-0.4, -0.2) is 86.7 Å². The number of aromatic nitrogens is 3. The number of hydrogen-bond donors (Lipinski definition) is 2. The van der Waals surface area contributed by atoms with Crippen molar-refractivity contribution in [1.82, 2.24) is 30.5 Å². The van der Waals surface area contributed by atoms with Gasteiger partial charge in [-0.2, -0.15) is 4.98 Å². The zero-order valence-electron chi connectivity index (χ0n) is 28.1. The van der Waals surface area contributed by atoms with E-state index in [9.17, 15) is 19.2 Å². The SMILES string of the molecule is COC(=O)[C@@]12C[C@H]1/C=C\CCCCC[C@H](NC(=O)OC(C)(C)C)C(=O)N1C[C@H](Oc3nc(-c4ccccn4)nc4ccsc34)C[C@H]1C(=O)N2. The summed E-state index contributed by atoms with van der Waals surface area (Å²) in [4.78, 5) is 69.6. The van der Waals surface area contributed by atoms with Crippen LogP contribution in [0.1, 0.15) is 65.7 Å². The average molecular weight is 691 g/mol. The van der Waals surface area contributed by atoms with Crippen LogP contribution >= 0.6 is 11.3 Å². The van der Waals surface area contributed by atoms with E-state index >= 15 is 0 Å². The average Bonchev–Trinajstić information content (AvgIpc) is 3.36. The number of amides is 3. The van der Waals surface area contributed by atoms with Crippen molar-refractivity contribution in [3.63, 3.8) is 0 Å². The molecule has 1 saturated carbocycles. The van der Waals surface area contributed by atoms with E-state index in [0.717, 1.165) is 24.0 Å². The molecule has 5 atom stereocenters. The third kappa shape index (κ3) is 7.69. The second kappa shape index (κ2) is 14.1. The summed E-state index contributed by atoms with van der Waals surface area (Å²) in [5.41, 5.74) is -0.716. The van der Waals surface area contributed by atoms with Crippen molar-refractivity contribution in [1.29, 1.82) is 0 Å². The molecule has 0 aromatic carbocycles. The van der Waals surface area contributed by atoms with Crippen LogP contribution in [0.5, 0.6) is 5.88 Å². The van der Waals surface area contributed by atoms with E-state index in [1.165, 1.54) is 23.3 Å². The number of rotatable bonds is 5. The van der Waals surface area contributed by atoms with Gasteiger partial charge >= 0.3 is 12.1 Å². The summed E-state index contributed by atoms with van der Waals surface area (Å²) in [6, 6.07) is 5.40. The van der Waals surface area contributed by atoms with E-state index in [0.29, 0.717) is 42.2 Å².